The Morgan fingerprint density at radius 1 is 0.375 bits per heavy atom. The zero-order valence-electron chi connectivity index (χ0n) is 48.9. The van der Waals surface area contributed by atoms with Gasteiger partial charge in [0.1, 0.15) is 0 Å². The van der Waals surface area contributed by atoms with Crippen molar-refractivity contribution in [3.63, 3.8) is 0 Å². The van der Waals surface area contributed by atoms with Crippen molar-refractivity contribution in [2.75, 3.05) is 13.2 Å². The average Bonchev–Trinajstić information content (AvgIpc) is 3.38. The van der Waals surface area contributed by atoms with E-state index in [1.54, 1.807) is 0 Å². The Morgan fingerprint density at radius 2 is 0.653 bits per heavy atom. The molecule has 1 amide bonds. The fourth-order valence-corrected chi connectivity index (χ4v) is 10.5. The molecule has 2 atom stereocenters. The summed E-state index contributed by atoms with van der Waals surface area (Å²) in [4.78, 5) is 24.5. The van der Waals surface area contributed by atoms with Gasteiger partial charge in [-0.25, -0.2) is 0 Å². The van der Waals surface area contributed by atoms with Gasteiger partial charge in [0.15, 0.2) is 0 Å². The first-order chi connectivity index (χ1) is 35.5. The van der Waals surface area contributed by atoms with E-state index in [1.165, 1.54) is 295 Å². The molecule has 6 heteroatoms. The zero-order chi connectivity index (χ0) is 52.2. The van der Waals surface area contributed by atoms with Gasteiger partial charge in [-0.3, -0.25) is 9.59 Å². The minimum atomic E-state index is -0.660. The van der Waals surface area contributed by atoms with Gasteiger partial charge >= 0.3 is 5.97 Å². The van der Waals surface area contributed by atoms with E-state index in [4.69, 9.17) is 4.74 Å². The monoisotopic (exact) mass is 1020 g/mol. The molecule has 0 rings (SSSR count). The number of aliphatic hydroxyl groups excluding tert-OH is 2. The predicted molar refractivity (Wildman–Crippen MR) is 315 cm³/mol. The SMILES string of the molecule is CCCCCCC/C=C\CCCCCCCC(=O)OCCCCCCCCCCCCCCCCCCCCCCCCCCCCCCCC(=O)NC(CO)C(O)CCCCCCCCCCCCCC. The van der Waals surface area contributed by atoms with Crippen LogP contribution in [0.15, 0.2) is 12.2 Å². The highest BCUT2D eigenvalue weighted by atomic mass is 16.5. The topological polar surface area (TPSA) is 95.9 Å². The van der Waals surface area contributed by atoms with Gasteiger partial charge in [-0.1, -0.05) is 321 Å². The molecule has 0 aliphatic carbocycles. The summed E-state index contributed by atoms with van der Waals surface area (Å²) in [5, 5.41) is 23.2. The molecule has 2 unspecified atom stereocenters. The van der Waals surface area contributed by atoms with Gasteiger partial charge in [0.2, 0.25) is 5.91 Å². The number of amides is 1. The molecule has 0 aromatic rings. The highest BCUT2D eigenvalue weighted by molar-refractivity contribution is 5.76. The highest BCUT2D eigenvalue weighted by Gasteiger charge is 2.20. The third kappa shape index (κ3) is 57.9. The molecular weight excluding hydrogens is 887 g/mol. The first-order valence-corrected chi connectivity index (χ1v) is 32.9. The van der Waals surface area contributed by atoms with Crippen LogP contribution >= 0.6 is 0 Å². The van der Waals surface area contributed by atoms with Crippen molar-refractivity contribution >= 4 is 11.9 Å². The number of esters is 1. The summed E-state index contributed by atoms with van der Waals surface area (Å²) >= 11 is 0. The van der Waals surface area contributed by atoms with Crippen LogP contribution in [0, 0.1) is 0 Å². The van der Waals surface area contributed by atoms with Crippen molar-refractivity contribution in [3.8, 4) is 0 Å². The summed E-state index contributed by atoms with van der Waals surface area (Å²) in [7, 11) is 0. The number of rotatable bonds is 62. The van der Waals surface area contributed by atoms with Crippen LogP contribution in [0.25, 0.3) is 0 Å². The van der Waals surface area contributed by atoms with E-state index < -0.39 is 12.1 Å². The van der Waals surface area contributed by atoms with Crippen molar-refractivity contribution in [3.05, 3.63) is 12.2 Å². The molecule has 0 bridgehead atoms. The maximum atomic E-state index is 12.5. The van der Waals surface area contributed by atoms with E-state index in [0.29, 0.717) is 25.9 Å². The molecular formula is C66H129NO5. The summed E-state index contributed by atoms with van der Waals surface area (Å²) in [5.41, 5.74) is 0. The number of hydrogen-bond donors (Lipinski definition) is 3. The van der Waals surface area contributed by atoms with Gasteiger partial charge in [-0.15, -0.1) is 0 Å². The van der Waals surface area contributed by atoms with Crippen LogP contribution in [0.2, 0.25) is 0 Å². The molecule has 72 heavy (non-hydrogen) atoms. The number of aliphatic hydroxyl groups is 2. The smallest absolute Gasteiger partial charge is 0.305 e. The second-order valence-electron chi connectivity index (χ2n) is 22.8. The van der Waals surface area contributed by atoms with Crippen molar-refractivity contribution in [2.45, 2.75) is 386 Å². The second kappa shape index (κ2) is 62.1. The maximum absolute atomic E-state index is 12.5. The van der Waals surface area contributed by atoms with Crippen molar-refractivity contribution in [2.24, 2.45) is 0 Å². The van der Waals surface area contributed by atoms with E-state index in [1.807, 2.05) is 0 Å². The fraction of sp³-hybridized carbons (Fsp3) is 0.939. The van der Waals surface area contributed by atoms with Gasteiger partial charge in [0.05, 0.1) is 25.4 Å². The molecule has 0 radical (unpaired) electrons. The van der Waals surface area contributed by atoms with Crippen LogP contribution in [0.3, 0.4) is 0 Å². The predicted octanol–water partition coefficient (Wildman–Crippen LogP) is 20.8. The van der Waals surface area contributed by atoms with Gasteiger partial charge in [0.25, 0.3) is 0 Å². The molecule has 0 spiro atoms. The second-order valence-corrected chi connectivity index (χ2v) is 22.8. The lowest BCUT2D eigenvalue weighted by molar-refractivity contribution is -0.143. The number of ether oxygens (including phenoxy) is 1. The lowest BCUT2D eigenvalue weighted by atomic mass is 10.0. The van der Waals surface area contributed by atoms with Crippen LogP contribution in [-0.2, 0) is 14.3 Å². The minimum Gasteiger partial charge on any atom is -0.466 e. The summed E-state index contributed by atoms with van der Waals surface area (Å²) < 4.78 is 5.48. The van der Waals surface area contributed by atoms with E-state index in [0.717, 1.165) is 44.9 Å². The Balaban J connectivity index is 3.31. The third-order valence-corrected chi connectivity index (χ3v) is 15.6. The summed E-state index contributed by atoms with van der Waals surface area (Å²) in [6.07, 6.45) is 75.4. The van der Waals surface area contributed by atoms with Gasteiger partial charge in [0, 0.05) is 12.8 Å². The van der Waals surface area contributed by atoms with E-state index in [9.17, 15) is 19.8 Å². The minimum absolute atomic E-state index is 0.0115. The maximum Gasteiger partial charge on any atom is 0.305 e. The van der Waals surface area contributed by atoms with Crippen LogP contribution in [0.1, 0.15) is 373 Å². The van der Waals surface area contributed by atoms with Crippen molar-refractivity contribution < 1.29 is 24.5 Å². The van der Waals surface area contributed by atoms with Gasteiger partial charge in [-0.05, 0) is 51.4 Å². The molecule has 0 aliphatic heterocycles. The largest absolute Gasteiger partial charge is 0.466 e. The fourth-order valence-electron chi connectivity index (χ4n) is 10.5. The molecule has 0 heterocycles. The molecule has 0 saturated carbocycles. The number of nitrogens with one attached hydrogen (secondary N) is 1. The van der Waals surface area contributed by atoms with Crippen molar-refractivity contribution in [1.29, 1.82) is 0 Å². The number of carbonyl (C=O) groups excluding carboxylic acids is 2. The number of hydrogen-bond acceptors (Lipinski definition) is 5. The Bertz CT molecular complexity index is 1080. The molecule has 3 N–H and O–H groups in total. The Morgan fingerprint density at radius 3 is 0.986 bits per heavy atom. The van der Waals surface area contributed by atoms with E-state index >= 15 is 0 Å². The van der Waals surface area contributed by atoms with E-state index in [2.05, 4.69) is 31.3 Å². The molecule has 0 fully saturated rings. The standard InChI is InChI=1S/C66H129NO5/c1-3-5-7-9-11-13-15-17-36-40-44-48-52-56-60-66(71)72-61-57-53-49-45-41-37-34-32-30-28-26-24-22-20-18-19-21-23-25-27-29-31-33-35-39-43-47-51-55-59-65(70)67-63(62-68)64(69)58-54-50-46-42-38-16-14-12-10-8-6-4-2/h15,17,63-64,68-69H,3-14,16,18-62H2,1-2H3,(H,67,70)/b17-15-. The molecule has 428 valence electrons. The lowest BCUT2D eigenvalue weighted by Crippen LogP contribution is -2.45. The first-order valence-electron chi connectivity index (χ1n) is 32.9. The normalized spacial score (nSPS) is 12.6. The van der Waals surface area contributed by atoms with Crippen molar-refractivity contribution in [1.82, 2.24) is 5.32 Å². The Kier molecular flexibility index (Phi) is 60.9. The first kappa shape index (κ1) is 70.6. The molecule has 0 saturated heterocycles. The number of allylic oxidation sites excluding steroid dienone is 2. The third-order valence-electron chi connectivity index (χ3n) is 15.6. The van der Waals surface area contributed by atoms with E-state index in [-0.39, 0.29) is 18.5 Å². The Hall–Kier alpha value is -1.40. The van der Waals surface area contributed by atoms with Crippen LogP contribution in [0.5, 0.6) is 0 Å². The lowest BCUT2D eigenvalue weighted by Gasteiger charge is -2.22. The zero-order valence-corrected chi connectivity index (χ0v) is 48.9. The quantitative estimate of drug-likeness (QED) is 0.0320. The molecule has 0 aromatic heterocycles. The van der Waals surface area contributed by atoms with Crippen LogP contribution < -0.4 is 5.32 Å². The highest BCUT2D eigenvalue weighted by Crippen LogP contribution is 2.19. The average molecular weight is 1020 g/mol. The van der Waals surface area contributed by atoms with Gasteiger partial charge < -0.3 is 20.3 Å². The van der Waals surface area contributed by atoms with Crippen LogP contribution in [0.4, 0.5) is 0 Å². The summed E-state index contributed by atoms with van der Waals surface area (Å²) in [5.74, 6) is -0.0184. The molecule has 0 aromatic carbocycles. The number of carbonyl (C=O) groups is 2. The summed E-state index contributed by atoms with van der Waals surface area (Å²) in [6.45, 7) is 4.96. The Labute approximate surface area is 450 Å². The molecule has 6 nitrogen and oxygen atoms in total. The van der Waals surface area contributed by atoms with Gasteiger partial charge in [-0.2, -0.15) is 0 Å². The van der Waals surface area contributed by atoms with Crippen LogP contribution in [-0.4, -0.2) is 47.4 Å². The molecule has 0 aliphatic rings. The number of unbranched alkanes of at least 4 members (excludes halogenated alkanes) is 49. The summed E-state index contributed by atoms with van der Waals surface area (Å²) in [6, 6.07) is -0.537.